The van der Waals surface area contributed by atoms with E-state index in [9.17, 15) is 10.1 Å². The van der Waals surface area contributed by atoms with E-state index < -0.39 is 4.92 Å². The zero-order valence-electron chi connectivity index (χ0n) is 10.6. The lowest BCUT2D eigenvalue weighted by molar-refractivity contribution is -0.384. The normalized spacial score (nSPS) is 9.80. The van der Waals surface area contributed by atoms with Gasteiger partial charge in [-0.2, -0.15) is 5.26 Å². The molecular weight excluding hydrogens is 258 g/mol. The molecule has 2 rings (SSSR count). The molecule has 0 amide bonds. The van der Waals surface area contributed by atoms with E-state index in [2.05, 4.69) is 11.1 Å². The summed E-state index contributed by atoms with van der Waals surface area (Å²) < 4.78 is 0. The van der Waals surface area contributed by atoms with Crippen molar-refractivity contribution in [1.82, 2.24) is 4.98 Å². The Morgan fingerprint density at radius 2 is 2.05 bits per heavy atom. The molecule has 0 bridgehead atoms. The first kappa shape index (κ1) is 13.3. The highest BCUT2D eigenvalue weighted by Crippen LogP contribution is 2.28. The van der Waals surface area contributed by atoms with E-state index in [1.807, 2.05) is 0 Å². The number of nitriles is 1. The molecule has 0 aliphatic rings. The summed E-state index contributed by atoms with van der Waals surface area (Å²) in [7, 11) is 1.71. The van der Waals surface area contributed by atoms with E-state index in [1.54, 1.807) is 36.2 Å². The SMILES string of the molecule is CN(c1ccc([N+](=O)[O-])c(N)n1)c1ccccc1C#N. The molecule has 100 valence electrons. The lowest BCUT2D eigenvalue weighted by Gasteiger charge is -2.19. The second-order valence-corrected chi connectivity index (χ2v) is 4.02. The third-order valence-electron chi connectivity index (χ3n) is 2.81. The van der Waals surface area contributed by atoms with Crippen molar-refractivity contribution in [2.45, 2.75) is 0 Å². The van der Waals surface area contributed by atoms with Gasteiger partial charge >= 0.3 is 5.69 Å². The van der Waals surface area contributed by atoms with Crippen LogP contribution >= 0.6 is 0 Å². The number of pyridine rings is 1. The van der Waals surface area contributed by atoms with Gasteiger partial charge in [-0.3, -0.25) is 10.1 Å². The Labute approximate surface area is 115 Å². The molecule has 1 heterocycles. The second-order valence-electron chi connectivity index (χ2n) is 4.02. The van der Waals surface area contributed by atoms with E-state index in [-0.39, 0.29) is 11.5 Å². The van der Waals surface area contributed by atoms with Gasteiger partial charge in [0.05, 0.1) is 16.2 Å². The highest BCUT2D eigenvalue weighted by Gasteiger charge is 2.16. The van der Waals surface area contributed by atoms with Gasteiger partial charge in [-0.25, -0.2) is 4.98 Å². The van der Waals surface area contributed by atoms with Crippen LogP contribution in [0.5, 0.6) is 0 Å². The van der Waals surface area contributed by atoms with Crippen LogP contribution in [-0.4, -0.2) is 17.0 Å². The molecule has 2 N–H and O–H groups in total. The first-order valence-corrected chi connectivity index (χ1v) is 5.68. The quantitative estimate of drug-likeness (QED) is 0.675. The molecule has 0 atom stereocenters. The number of benzene rings is 1. The first-order valence-electron chi connectivity index (χ1n) is 5.68. The van der Waals surface area contributed by atoms with Crippen LogP contribution in [0.1, 0.15) is 5.56 Å². The average molecular weight is 269 g/mol. The maximum Gasteiger partial charge on any atom is 0.311 e. The molecule has 0 fully saturated rings. The van der Waals surface area contributed by atoms with Crippen LogP contribution in [0.15, 0.2) is 36.4 Å². The Balaban J connectivity index is 2.44. The van der Waals surface area contributed by atoms with Crippen LogP contribution in [0.25, 0.3) is 0 Å². The standard InChI is InChI=1S/C13H11N5O2/c1-17(10-5-3-2-4-9(10)8-14)12-7-6-11(18(19)20)13(15)16-12/h2-7H,1H3,(H2,15,16). The van der Waals surface area contributed by atoms with Crippen molar-refractivity contribution in [3.05, 3.63) is 52.1 Å². The van der Waals surface area contributed by atoms with Crippen molar-refractivity contribution in [3.8, 4) is 6.07 Å². The number of para-hydroxylation sites is 1. The predicted octanol–water partition coefficient (Wildman–Crippen LogP) is 2.21. The molecule has 2 aromatic rings. The van der Waals surface area contributed by atoms with Crippen molar-refractivity contribution >= 4 is 23.0 Å². The van der Waals surface area contributed by atoms with Gasteiger partial charge in [0, 0.05) is 13.1 Å². The summed E-state index contributed by atoms with van der Waals surface area (Å²) in [5.74, 6) is 0.268. The summed E-state index contributed by atoms with van der Waals surface area (Å²) in [4.78, 5) is 15.8. The fourth-order valence-electron chi connectivity index (χ4n) is 1.78. The van der Waals surface area contributed by atoms with Gasteiger partial charge < -0.3 is 10.6 Å². The Bertz CT molecular complexity index is 708. The number of nitrogens with zero attached hydrogens (tertiary/aromatic N) is 4. The first-order chi connectivity index (χ1) is 9.54. The molecule has 7 nitrogen and oxygen atoms in total. The zero-order chi connectivity index (χ0) is 14.7. The molecule has 20 heavy (non-hydrogen) atoms. The largest absolute Gasteiger partial charge is 0.378 e. The molecule has 0 saturated heterocycles. The predicted molar refractivity (Wildman–Crippen MR) is 74.5 cm³/mol. The summed E-state index contributed by atoms with van der Waals surface area (Å²) in [6.45, 7) is 0. The number of hydrogen-bond donors (Lipinski definition) is 1. The van der Waals surface area contributed by atoms with E-state index >= 15 is 0 Å². The third-order valence-corrected chi connectivity index (χ3v) is 2.81. The minimum atomic E-state index is -0.588. The molecule has 0 spiro atoms. The van der Waals surface area contributed by atoms with Crippen LogP contribution in [0, 0.1) is 21.4 Å². The van der Waals surface area contributed by atoms with Gasteiger partial charge in [0.1, 0.15) is 11.9 Å². The van der Waals surface area contributed by atoms with Gasteiger partial charge in [-0.05, 0) is 18.2 Å². The highest BCUT2D eigenvalue weighted by atomic mass is 16.6. The monoisotopic (exact) mass is 269 g/mol. The Morgan fingerprint density at radius 1 is 1.35 bits per heavy atom. The molecule has 0 aliphatic carbocycles. The van der Waals surface area contributed by atoms with E-state index in [0.29, 0.717) is 17.1 Å². The van der Waals surface area contributed by atoms with Crippen LogP contribution in [0.4, 0.5) is 23.0 Å². The fourth-order valence-corrected chi connectivity index (χ4v) is 1.78. The number of nitrogens with two attached hydrogens (primary N) is 1. The zero-order valence-corrected chi connectivity index (χ0v) is 10.6. The minimum absolute atomic E-state index is 0.159. The Hall–Kier alpha value is -3.14. The van der Waals surface area contributed by atoms with E-state index in [1.165, 1.54) is 12.1 Å². The van der Waals surface area contributed by atoms with Crippen LogP contribution in [0.2, 0.25) is 0 Å². The smallest absolute Gasteiger partial charge is 0.311 e. The molecule has 1 aromatic carbocycles. The number of anilines is 3. The van der Waals surface area contributed by atoms with Crippen molar-refractivity contribution in [3.63, 3.8) is 0 Å². The number of hydrogen-bond acceptors (Lipinski definition) is 6. The van der Waals surface area contributed by atoms with Crippen molar-refractivity contribution in [2.24, 2.45) is 0 Å². The summed E-state index contributed by atoms with van der Waals surface area (Å²) in [6, 6.07) is 11.9. The summed E-state index contributed by atoms with van der Waals surface area (Å²) in [5.41, 5.74) is 6.45. The van der Waals surface area contributed by atoms with Gasteiger partial charge in [0.25, 0.3) is 0 Å². The number of rotatable bonds is 3. The Kier molecular flexibility index (Phi) is 3.48. The van der Waals surface area contributed by atoms with Crippen LogP contribution in [0.3, 0.4) is 0 Å². The minimum Gasteiger partial charge on any atom is -0.378 e. The highest BCUT2D eigenvalue weighted by molar-refractivity contribution is 5.69. The van der Waals surface area contributed by atoms with Crippen molar-refractivity contribution in [1.29, 1.82) is 5.26 Å². The number of aromatic nitrogens is 1. The molecule has 0 radical (unpaired) electrons. The van der Waals surface area contributed by atoms with Crippen molar-refractivity contribution < 1.29 is 4.92 Å². The van der Waals surface area contributed by atoms with Gasteiger partial charge in [0.15, 0.2) is 0 Å². The van der Waals surface area contributed by atoms with Crippen LogP contribution in [-0.2, 0) is 0 Å². The average Bonchev–Trinajstić information content (AvgIpc) is 2.45. The van der Waals surface area contributed by atoms with Crippen LogP contribution < -0.4 is 10.6 Å². The Morgan fingerprint density at radius 3 is 2.65 bits per heavy atom. The molecule has 0 unspecified atom stereocenters. The summed E-state index contributed by atoms with van der Waals surface area (Å²) in [6.07, 6.45) is 0. The molecule has 0 aliphatic heterocycles. The topological polar surface area (TPSA) is 109 Å². The summed E-state index contributed by atoms with van der Waals surface area (Å²) >= 11 is 0. The second kappa shape index (κ2) is 5.24. The van der Waals surface area contributed by atoms with Gasteiger partial charge in [0.2, 0.25) is 5.82 Å². The number of nitrogen functional groups attached to an aromatic ring is 1. The fraction of sp³-hybridized carbons (Fsp3) is 0.0769. The van der Waals surface area contributed by atoms with Gasteiger partial charge in [-0.1, -0.05) is 12.1 Å². The van der Waals surface area contributed by atoms with E-state index in [0.717, 1.165) is 0 Å². The lowest BCUT2D eigenvalue weighted by atomic mass is 10.2. The number of nitro groups is 1. The lowest BCUT2D eigenvalue weighted by Crippen LogP contribution is -2.13. The molecule has 0 saturated carbocycles. The molecule has 1 aromatic heterocycles. The van der Waals surface area contributed by atoms with E-state index in [4.69, 9.17) is 11.0 Å². The molecular formula is C13H11N5O2. The maximum atomic E-state index is 10.7. The van der Waals surface area contributed by atoms with Gasteiger partial charge in [-0.15, -0.1) is 0 Å². The maximum absolute atomic E-state index is 10.7. The third kappa shape index (κ3) is 2.35. The molecule has 7 heteroatoms. The summed E-state index contributed by atoms with van der Waals surface area (Å²) in [5, 5.41) is 19.8. The van der Waals surface area contributed by atoms with Crippen molar-refractivity contribution in [2.75, 3.05) is 17.7 Å².